The molecular formula is C23H17F2N3O4S. The second kappa shape index (κ2) is 8.99. The second-order valence-corrected chi connectivity index (χ2v) is 8.02. The highest BCUT2D eigenvalue weighted by Gasteiger charge is 2.17. The quantitative estimate of drug-likeness (QED) is 0.424. The highest BCUT2D eigenvalue weighted by molar-refractivity contribution is 7.14. The summed E-state index contributed by atoms with van der Waals surface area (Å²) in [6.45, 7) is 1.02. The predicted octanol–water partition coefficient (Wildman–Crippen LogP) is 5.09. The zero-order valence-corrected chi connectivity index (χ0v) is 18.0. The molecule has 1 aliphatic heterocycles. The van der Waals surface area contributed by atoms with Crippen molar-refractivity contribution in [2.45, 2.75) is 12.8 Å². The first-order chi connectivity index (χ1) is 16.1. The Morgan fingerprint density at radius 3 is 2.70 bits per heavy atom. The zero-order chi connectivity index (χ0) is 22.8. The van der Waals surface area contributed by atoms with E-state index >= 15 is 0 Å². The summed E-state index contributed by atoms with van der Waals surface area (Å²) in [5.74, 6) is -0.223. The number of hydrogen-bond donors (Lipinski definition) is 1. The van der Waals surface area contributed by atoms with Gasteiger partial charge in [-0.3, -0.25) is 4.79 Å². The number of thiazole rings is 1. The highest BCUT2D eigenvalue weighted by atomic mass is 32.1. The molecule has 2 aromatic carbocycles. The summed E-state index contributed by atoms with van der Waals surface area (Å²) in [6, 6.07) is 9.12. The number of hydrogen-bond acceptors (Lipinski definition) is 7. The van der Waals surface area contributed by atoms with Gasteiger partial charge < -0.3 is 19.2 Å². The van der Waals surface area contributed by atoms with Crippen LogP contribution in [0.4, 0.5) is 13.9 Å². The van der Waals surface area contributed by atoms with Crippen molar-refractivity contribution in [2.24, 2.45) is 0 Å². The van der Waals surface area contributed by atoms with E-state index in [0.29, 0.717) is 35.5 Å². The Kier molecular flexibility index (Phi) is 5.74. The Morgan fingerprint density at radius 1 is 1.09 bits per heavy atom. The molecule has 33 heavy (non-hydrogen) atoms. The Morgan fingerprint density at radius 2 is 1.88 bits per heavy atom. The van der Waals surface area contributed by atoms with Crippen LogP contribution in [0.3, 0.4) is 0 Å². The van der Waals surface area contributed by atoms with E-state index < -0.39 is 11.6 Å². The summed E-state index contributed by atoms with van der Waals surface area (Å²) >= 11 is 1.30. The van der Waals surface area contributed by atoms with Gasteiger partial charge in [0, 0.05) is 23.8 Å². The van der Waals surface area contributed by atoms with E-state index in [2.05, 4.69) is 15.3 Å². The number of nitrogens with zero attached hydrogens (tertiary/aromatic N) is 2. The number of aromatic nitrogens is 2. The first-order valence-electron chi connectivity index (χ1n) is 10.1. The molecule has 0 saturated heterocycles. The van der Waals surface area contributed by atoms with Crippen LogP contribution < -0.4 is 14.8 Å². The predicted molar refractivity (Wildman–Crippen MR) is 117 cm³/mol. The number of fused-ring (bicyclic) bond motifs is 1. The van der Waals surface area contributed by atoms with Gasteiger partial charge in [-0.05, 0) is 30.3 Å². The van der Waals surface area contributed by atoms with E-state index in [4.69, 9.17) is 13.9 Å². The summed E-state index contributed by atoms with van der Waals surface area (Å²) in [4.78, 5) is 20.8. The first kappa shape index (κ1) is 21.1. The molecule has 1 amide bonds. The van der Waals surface area contributed by atoms with Crippen LogP contribution in [0.5, 0.6) is 11.5 Å². The molecule has 1 N–H and O–H groups in total. The minimum absolute atomic E-state index is 0.0231. The number of nitrogens with one attached hydrogen (secondary N) is 1. The third-order valence-electron chi connectivity index (χ3n) is 4.92. The maximum atomic E-state index is 13.9. The second-order valence-electron chi connectivity index (χ2n) is 7.16. The van der Waals surface area contributed by atoms with Crippen LogP contribution >= 0.6 is 11.3 Å². The minimum Gasteiger partial charge on any atom is -0.486 e. The van der Waals surface area contributed by atoms with Crippen molar-refractivity contribution in [3.63, 3.8) is 0 Å². The molecule has 4 aromatic rings. The smallest absolute Gasteiger partial charge is 0.226 e. The molecule has 5 rings (SSSR count). The van der Waals surface area contributed by atoms with Crippen LogP contribution in [0, 0.1) is 11.6 Å². The van der Waals surface area contributed by atoms with Gasteiger partial charge in [0.25, 0.3) is 0 Å². The van der Waals surface area contributed by atoms with Crippen molar-refractivity contribution >= 4 is 22.4 Å². The maximum absolute atomic E-state index is 13.9. The number of amides is 1. The highest BCUT2D eigenvalue weighted by Crippen LogP contribution is 2.35. The van der Waals surface area contributed by atoms with Crippen LogP contribution in [0.25, 0.3) is 22.6 Å². The summed E-state index contributed by atoms with van der Waals surface area (Å²) in [5, 5.41) is 5.03. The van der Waals surface area contributed by atoms with Gasteiger partial charge in [-0.1, -0.05) is 6.07 Å². The fraction of sp³-hybridized carbons (Fsp3) is 0.174. The molecule has 0 spiro atoms. The van der Waals surface area contributed by atoms with E-state index in [0.717, 1.165) is 17.7 Å². The molecule has 0 atom stereocenters. The Bertz CT molecular complexity index is 1300. The van der Waals surface area contributed by atoms with Crippen LogP contribution in [-0.4, -0.2) is 29.1 Å². The number of aryl methyl sites for hydroxylation is 1. The molecule has 168 valence electrons. The molecule has 0 unspecified atom stereocenters. The number of carbonyl (C=O) groups excluding carboxylic acids is 1. The molecule has 7 nitrogen and oxygen atoms in total. The number of ether oxygens (including phenoxy) is 2. The first-order valence-corrected chi connectivity index (χ1v) is 11.0. The van der Waals surface area contributed by atoms with Crippen LogP contribution in [0.2, 0.25) is 0 Å². The van der Waals surface area contributed by atoms with Gasteiger partial charge in [-0.15, -0.1) is 11.3 Å². The molecule has 10 heteroatoms. The van der Waals surface area contributed by atoms with Crippen molar-refractivity contribution in [2.75, 3.05) is 18.5 Å². The monoisotopic (exact) mass is 469 g/mol. The van der Waals surface area contributed by atoms with Gasteiger partial charge in [0.15, 0.2) is 28.3 Å². The standard InChI is InChI=1S/C23H17F2N3O4S/c24-14-2-1-3-15(25)22(14)19-11-26-21(32-19)7-6-20(29)28-23-27-16(12-33-23)13-4-5-17-18(10-13)31-9-8-30-17/h1-5,10-12H,6-9H2,(H,27,28,29). The molecule has 0 bridgehead atoms. The van der Waals surface area contributed by atoms with E-state index in [-0.39, 0.29) is 36.0 Å². The van der Waals surface area contributed by atoms with Gasteiger partial charge in [-0.2, -0.15) is 0 Å². The van der Waals surface area contributed by atoms with E-state index in [1.54, 1.807) is 0 Å². The van der Waals surface area contributed by atoms with Crippen molar-refractivity contribution < 1.29 is 27.5 Å². The van der Waals surface area contributed by atoms with Gasteiger partial charge in [-0.25, -0.2) is 18.7 Å². The number of benzene rings is 2. The van der Waals surface area contributed by atoms with E-state index in [1.165, 1.54) is 23.6 Å². The van der Waals surface area contributed by atoms with Crippen molar-refractivity contribution in [1.29, 1.82) is 0 Å². The number of anilines is 1. The molecule has 0 aliphatic carbocycles. The van der Waals surface area contributed by atoms with E-state index in [1.807, 2.05) is 23.6 Å². The third kappa shape index (κ3) is 4.56. The lowest BCUT2D eigenvalue weighted by Crippen LogP contribution is -2.15. The van der Waals surface area contributed by atoms with Gasteiger partial charge in [0.1, 0.15) is 24.8 Å². The molecule has 0 fully saturated rings. The fourth-order valence-corrected chi connectivity index (χ4v) is 4.08. The minimum atomic E-state index is -0.743. The number of oxazole rings is 1. The maximum Gasteiger partial charge on any atom is 0.226 e. The van der Waals surface area contributed by atoms with Gasteiger partial charge >= 0.3 is 0 Å². The van der Waals surface area contributed by atoms with Crippen molar-refractivity contribution in [3.05, 3.63) is 65.5 Å². The molecule has 0 radical (unpaired) electrons. The SMILES string of the molecule is O=C(CCc1ncc(-c2c(F)cccc2F)o1)Nc1nc(-c2ccc3c(c2)OCCO3)cs1. The molecule has 2 aromatic heterocycles. The van der Waals surface area contributed by atoms with Crippen LogP contribution in [0.15, 0.2) is 52.4 Å². The fourth-order valence-electron chi connectivity index (χ4n) is 3.34. The lowest BCUT2D eigenvalue weighted by atomic mass is 10.1. The average Bonchev–Trinajstić information content (AvgIpc) is 3.47. The Labute approximate surface area is 191 Å². The summed E-state index contributed by atoms with van der Waals surface area (Å²) in [6.07, 6.45) is 1.48. The number of carbonyl (C=O) groups is 1. The Balaban J connectivity index is 1.20. The van der Waals surface area contributed by atoms with E-state index in [9.17, 15) is 13.6 Å². The van der Waals surface area contributed by atoms with Crippen LogP contribution in [0.1, 0.15) is 12.3 Å². The molecular weight excluding hydrogens is 452 g/mol. The molecule has 1 aliphatic rings. The summed E-state index contributed by atoms with van der Waals surface area (Å²) < 4.78 is 44.4. The molecule has 3 heterocycles. The Hall–Kier alpha value is -3.79. The number of halogens is 2. The lowest BCUT2D eigenvalue weighted by molar-refractivity contribution is -0.116. The summed E-state index contributed by atoms with van der Waals surface area (Å²) in [7, 11) is 0. The lowest BCUT2D eigenvalue weighted by Gasteiger charge is -2.18. The molecule has 0 saturated carbocycles. The van der Waals surface area contributed by atoms with Gasteiger partial charge in [0.05, 0.1) is 17.5 Å². The topological polar surface area (TPSA) is 86.5 Å². The van der Waals surface area contributed by atoms with Crippen LogP contribution in [-0.2, 0) is 11.2 Å². The zero-order valence-electron chi connectivity index (χ0n) is 17.1. The van der Waals surface area contributed by atoms with Crippen molar-refractivity contribution in [1.82, 2.24) is 9.97 Å². The van der Waals surface area contributed by atoms with Crippen molar-refractivity contribution in [3.8, 4) is 34.1 Å². The summed E-state index contributed by atoms with van der Waals surface area (Å²) in [5.41, 5.74) is 1.27. The third-order valence-corrected chi connectivity index (χ3v) is 5.67. The normalized spacial score (nSPS) is 12.5. The average molecular weight is 469 g/mol. The number of rotatable bonds is 6. The largest absolute Gasteiger partial charge is 0.486 e. The van der Waals surface area contributed by atoms with Gasteiger partial charge in [0.2, 0.25) is 5.91 Å².